The van der Waals surface area contributed by atoms with Crippen LogP contribution in [-0.2, 0) is 24.3 Å². The molecule has 7 nitrogen and oxygen atoms in total. The van der Waals surface area contributed by atoms with Crippen LogP contribution in [0.3, 0.4) is 0 Å². The van der Waals surface area contributed by atoms with Crippen LogP contribution in [0.25, 0.3) is 0 Å². The molecule has 0 bridgehead atoms. The van der Waals surface area contributed by atoms with Crippen molar-refractivity contribution in [2.24, 2.45) is 5.92 Å². The monoisotopic (exact) mass is 408 g/mol. The fourth-order valence-electron chi connectivity index (χ4n) is 4.60. The maximum atomic E-state index is 12.7. The standard InChI is InChI=1S/C23H28N4O3/c1-30-18-6-2-15(3-7-18)12-26-10-9-19-20(14-26)24-21(25-22(19)28)17-8-11-27(13-17)23(29)16-4-5-16/h2-3,6-7,16-17H,4-5,8-14H2,1H3,(H,24,25,28)/t17-/m1/s1. The summed E-state index contributed by atoms with van der Waals surface area (Å²) >= 11 is 0. The molecule has 3 heterocycles. The van der Waals surface area contributed by atoms with Crippen molar-refractivity contribution in [3.8, 4) is 5.75 Å². The zero-order valence-corrected chi connectivity index (χ0v) is 17.4. The molecule has 0 radical (unpaired) electrons. The van der Waals surface area contributed by atoms with Crippen LogP contribution in [0.4, 0.5) is 0 Å². The van der Waals surface area contributed by atoms with Crippen molar-refractivity contribution in [1.82, 2.24) is 19.8 Å². The van der Waals surface area contributed by atoms with E-state index in [0.29, 0.717) is 19.5 Å². The van der Waals surface area contributed by atoms with E-state index in [1.807, 2.05) is 17.0 Å². The van der Waals surface area contributed by atoms with Crippen LogP contribution in [0.2, 0.25) is 0 Å². The molecular weight excluding hydrogens is 380 g/mol. The van der Waals surface area contributed by atoms with E-state index in [1.54, 1.807) is 7.11 Å². The number of H-pyrrole nitrogens is 1. The number of methoxy groups -OCH3 is 1. The zero-order chi connectivity index (χ0) is 20.7. The van der Waals surface area contributed by atoms with Gasteiger partial charge in [-0.15, -0.1) is 0 Å². The molecule has 5 rings (SSSR count). The first kappa shape index (κ1) is 19.3. The van der Waals surface area contributed by atoms with E-state index < -0.39 is 0 Å². The topological polar surface area (TPSA) is 78.5 Å². The summed E-state index contributed by atoms with van der Waals surface area (Å²) in [7, 11) is 1.67. The Hall–Kier alpha value is -2.67. The van der Waals surface area contributed by atoms with Gasteiger partial charge in [-0.05, 0) is 43.4 Å². The van der Waals surface area contributed by atoms with Crippen LogP contribution < -0.4 is 10.3 Å². The SMILES string of the molecule is COc1ccc(CN2CCc3c(nc([C@@H]4CCN(C(=O)C5CC5)C4)[nH]c3=O)C2)cc1. The maximum absolute atomic E-state index is 12.7. The van der Waals surface area contributed by atoms with E-state index in [4.69, 9.17) is 9.72 Å². The number of hydrogen-bond donors (Lipinski definition) is 1. The van der Waals surface area contributed by atoms with Gasteiger partial charge in [0.15, 0.2) is 0 Å². The van der Waals surface area contributed by atoms with Gasteiger partial charge >= 0.3 is 0 Å². The quantitative estimate of drug-likeness (QED) is 0.819. The lowest BCUT2D eigenvalue weighted by Crippen LogP contribution is -2.36. The highest BCUT2D eigenvalue weighted by molar-refractivity contribution is 5.81. The third-order valence-electron chi connectivity index (χ3n) is 6.55. The number of benzene rings is 1. The van der Waals surface area contributed by atoms with E-state index in [2.05, 4.69) is 22.0 Å². The normalized spacial score (nSPS) is 21.5. The van der Waals surface area contributed by atoms with Crippen molar-refractivity contribution in [2.45, 2.75) is 44.7 Å². The Morgan fingerprint density at radius 3 is 2.73 bits per heavy atom. The van der Waals surface area contributed by atoms with Gasteiger partial charge in [-0.2, -0.15) is 0 Å². The molecule has 3 aliphatic rings. The third-order valence-corrected chi connectivity index (χ3v) is 6.55. The zero-order valence-electron chi connectivity index (χ0n) is 17.4. The summed E-state index contributed by atoms with van der Waals surface area (Å²) in [6.45, 7) is 3.78. The molecule has 0 unspecified atom stereocenters. The van der Waals surface area contributed by atoms with Crippen LogP contribution in [0.5, 0.6) is 5.75 Å². The van der Waals surface area contributed by atoms with Crippen LogP contribution in [0, 0.1) is 5.92 Å². The largest absolute Gasteiger partial charge is 0.497 e. The summed E-state index contributed by atoms with van der Waals surface area (Å²) in [5, 5.41) is 0. The second-order valence-corrected chi connectivity index (χ2v) is 8.73. The van der Waals surface area contributed by atoms with Crippen LogP contribution >= 0.6 is 0 Å². The van der Waals surface area contributed by atoms with Gasteiger partial charge in [0.05, 0.1) is 12.8 Å². The highest BCUT2D eigenvalue weighted by atomic mass is 16.5. The van der Waals surface area contributed by atoms with Gasteiger partial charge in [0.25, 0.3) is 5.56 Å². The Labute approximate surface area is 176 Å². The van der Waals surface area contributed by atoms with Gasteiger partial charge in [-0.3, -0.25) is 14.5 Å². The molecule has 2 aliphatic heterocycles. The summed E-state index contributed by atoms with van der Waals surface area (Å²) in [4.78, 5) is 37.2. The number of hydrogen-bond acceptors (Lipinski definition) is 5. The van der Waals surface area contributed by atoms with E-state index in [9.17, 15) is 9.59 Å². The van der Waals surface area contributed by atoms with E-state index >= 15 is 0 Å². The lowest BCUT2D eigenvalue weighted by atomic mass is 10.0. The first-order valence-electron chi connectivity index (χ1n) is 10.9. The highest BCUT2D eigenvalue weighted by Gasteiger charge is 2.37. The number of fused-ring (bicyclic) bond motifs is 1. The van der Waals surface area contributed by atoms with Crippen molar-refractivity contribution in [3.63, 3.8) is 0 Å². The predicted octanol–water partition coefficient (Wildman–Crippen LogP) is 2.06. The van der Waals surface area contributed by atoms with Gasteiger partial charge in [0, 0.05) is 50.1 Å². The molecule has 158 valence electrons. The van der Waals surface area contributed by atoms with Gasteiger partial charge in [0.1, 0.15) is 11.6 Å². The average molecular weight is 409 g/mol. The molecule has 1 aromatic carbocycles. The Morgan fingerprint density at radius 1 is 1.20 bits per heavy atom. The lowest BCUT2D eigenvalue weighted by molar-refractivity contribution is -0.131. The molecule has 1 aliphatic carbocycles. The first-order chi connectivity index (χ1) is 14.6. The van der Waals surface area contributed by atoms with Crippen molar-refractivity contribution >= 4 is 5.91 Å². The first-order valence-corrected chi connectivity index (χ1v) is 10.9. The Bertz CT molecular complexity index is 996. The number of nitrogens with zero attached hydrogens (tertiary/aromatic N) is 3. The number of nitrogens with one attached hydrogen (secondary N) is 1. The Morgan fingerprint density at radius 2 is 2.00 bits per heavy atom. The second-order valence-electron chi connectivity index (χ2n) is 8.73. The van der Waals surface area contributed by atoms with E-state index in [1.165, 1.54) is 5.56 Å². The minimum absolute atomic E-state index is 0.00827. The van der Waals surface area contributed by atoms with Crippen LogP contribution in [0.1, 0.15) is 47.8 Å². The van der Waals surface area contributed by atoms with Crippen molar-refractivity contribution in [3.05, 3.63) is 57.3 Å². The molecule has 30 heavy (non-hydrogen) atoms. The van der Waals surface area contributed by atoms with Crippen molar-refractivity contribution in [2.75, 3.05) is 26.7 Å². The molecule has 1 saturated heterocycles. The summed E-state index contributed by atoms with van der Waals surface area (Å²) < 4.78 is 5.23. The maximum Gasteiger partial charge on any atom is 0.254 e. The Kier molecular flexibility index (Phi) is 5.06. The van der Waals surface area contributed by atoms with Gasteiger partial charge in [0.2, 0.25) is 5.91 Å². The number of ether oxygens (including phenoxy) is 1. The number of amides is 1. The number of aromatic amines is 1. The average Bonchev–Trinajstić information content (AvgIpc) is 3.49. The van der Waals surface area contributed by atoms with Gasteiger partial charge < -0.3 is 14.6 Å². The summed E-state index contributed by atoms with van der Waals surface area (Å²) in [6, 6.07) is 8.11. The molecule has 0 spiro atoms. The number of aromatic nitrogens is 2. The van der Waals surface area contributed by atoms with Gasteiger partial charge in [-0.25, -0.2) is 4.98 Å². The molecule has 1 N–H and O–H groups in total. The third kappa shape index (κ3) is 3.86. The second kappa shape index (κ2) is 7.87. The number of likely N-dealkylation sites (tertiary alicyclic amines) is 1. The van der Waals surface area contributed by atoms with Crippen molar-refractivity contribution < 1.29 is 9.53 Å². The lowest BCUT2D eigenvalue weighted by Gasteiger charge is -2.28. The minimum atomic E-state index is -0.00827. The molecule has 1 aromatic heterocycles. The summed E-state index contributed by atoms with van der Waals surface area (Å²) in [6.07, 6.45) is 3.64. The Balaban J connectivity index is 1.29. The van der Waals surface area contributed by atoms with E-state index in [-0.39, 0.29) is 23.3 Å². The molecular formula is C23H28N4O3. The molecule has 1 atom stereocenters. The number of carbonyl (C=O) groups excluding carboxylic acids is 1. The number of rotatable bonds is 5. The fourth-order valence-corrected chi connectivity index (χ4v) is 4.60. The molecule has 2 aromatic rings. The van der Waals surface area contributed by atoms with Crippen LogP contribution in [0.15, 0.2) is 29.1 Å². The molecule has 1 saturated carbocycles. The fraction of sp³-hybridized carbons (Fsp3) is 0.522. The van der Waals surface area contributed by atoms with Crippen molar-refractivity contribution in [1.29, 1.82) is 0 Å². The number of carbonyl (C=O) groups is 1. The highest BCUT2D eigenvalue weighted by Crippen LogP contribution is 2.34. The summed E-state index contributed by atoms with van der Waals surface area (Å²) in [5.41, 5.74) is 2.91. The summed E-state index contributed by atoms with van der Waals surface area (Å²) in [5.74, 6) is 2.25. The molecule has 7 heteroatoms. The minimum Gasteiger partial charge on any atom is -0.497 e. The smallest absolute Gasteiger partial charge is 0.254 e. The molecule has 2 fully saturated rings. The van der Waals surface area contributed by atoms with E-state index in [0.717, 1.165) is 61.7 Å². The van der Waals surface area contributed by atoms with Crippen LogP contribution in [-0.4, -0.2) is 52.4 Å². The molecule has 1 amide bonds. The predicted molar refractivity (Wildman–Crippen MR) is 112 cm³/mol. The van der Waals surface area contributed by atoms with Gasteiger partial charge in [-0.1, -0.05) is 12.1 Å².